The van der Waals surface area contributed by atoms with Gasteiger partial charge in [-0.25, -0.2) is 9.59 Å². The minimum Gasteiger partial charge on any atom is -0.505 e. The number of carboxylic acid groups (broad SMARTS) is 1. The summed E-state index contributed by atoms with van der Waals surface area (Å²) >= 11 is 0. The van der Waals surface area contributed by atoms with E-state index in [4.69, 9.17) is 0 Å². The SMILES string of the molecule is O=C(Nc1ccc2c(O)c(N=Nc3ccccc3)c(S(=O)(=O)O)cc2c1)Nc1ccc2c(O)c(N=Nc3cccc(C(=O)O)c3)c(S(=O)(=O)O)cc2c1.[Na].[Na].[Na]. The summed E-state index contributed by atoms with van der Waals surface area (Å²) in [5.41, 5.74) is -0.622. The first-order chi connectivity index (χ1) is 25.1. The Morgan fingerprint density at radius 1 is 0.536 bits per heavy atom. The number of rotatable bonds is 9. The number of nitrogens with one attached hydrogen (secondary N) is 2. The van der Waals surface area contributed by atoms with Crippen LogP contribution in [0, 0.1) is 0 Å². The summed E-state index contributed by atoms with van der Waals surface area (Å²) in [5, 5.41) is 51.8. The zero-order valence-electron chi connectivity index (χ0n) is 29.6. The van der Waals surface area contributed by atoms with E-state index >= 15 is 0 Å². The van der Waals surface area contributed by atoms with Gasteiger partial charge in [-0.3, -0.25) is 9.11 Å². The molecule has 17 nitrogen and oxygen atoms in total. The van der Waals surface area contributed by atoms with Crippen LogP contribution in [0.2, 0.25) is 0 Å². The number of phenolic OH excluding ortho intramolecular Hbond substituents is 2. The molecular formula is C34H24N6Na3O11S2. The van der Waals surface area contributed by atoms with Gasteiger partial charge in [0.15, 0.2) is 11.5 Å². The van der Waals surface area contributed by atoms with Crippen molar-refractivity contribution in [1.82, 2.24) is 0 Å². The molecule has 6 aromatic rings. The molecule has 0 heterocycles. The molecular weight excluding hydrogens is 802 g/mol. The van der Waals surface area contributed by atoms with Gasteiger partial charge in [0.25, 0.3) is 20.2 Å². The van der Waals surface area contributed by atoms with Crippen LogP contribution in [-0.4, -0.2) is 142 Å². The van der Waals surface area contributed by atoms with Crippen molar-refractivity contribution < 1.29 is 50.8 Å². The third kappa shape index (κ3) is 10.8. The van der Waals surface area contributed by atoms with Gasteiger partial charge in [-0.1, -0.05) is 24.3 Å². The number of hydrogen-bond donors (Lipinski definition) is 7. The van der Waals surface area contributed by atoms with E-state index in [1.165, 1.54) is 54.6 Å². The van der Waals surface area contributed by atoms with Crippen molar-refractivity contribution >= 4 is 177 Å². The topological polar surface area (TPSA) is 277 Å². The Hall–Kier alpha value is -3.80. The van der Waals surface area contributed by atoms with Crippen LogP contribution in [0.4, 0.5) is 38.9 Å². The molecule has 0 saturated heterocycles. The second kappa shape index (κ2) is 19.1. The summed E-state index contributed by atoms with van der Waals surface area (Å²) in [6.45, 7) is 0. The van der Waals surface area contributed by atoms with E-state index in [1.807, 2.05) is 0 Å². The zero-order chi connectivity index (χ0) is 38.1. The Kier molecular flexibility index (Phi) is 15.9. The molecule has 6 aromatic carbocycles. The number of carboxylic acids is 1. The average molecular weight is 826 g/mol. The number of anilines is 2. The van der Waals surface area contributed by atoms with E-state index < -0.39 is 64.9 Å². The van der Waals surface area contributed by atoms with Crippen molar-refractivity contribution in [2.24, 2.45) is 20.5 Å². The molecule has 6 rings (SSSR count). The van der Waals surface area contributed by atoms with E-state index in [1.54, 1.807) is 30.3 Å². The van der Waals surface area contributed by atoms with Crippen LogP contribution in [0.1, 0.15) is 10.4 Å². The van der Waals surface area contributed by atoms with Crippen molar-refractivity contribution in [1.29, 1.82) is 0 Å². The van der Waals surface area contributed by atoms with Crippen LogP contribution in [0.5, 0.6) is 11.5 Å². The molecule has 0 saturated carbocycles. The zero-order valence-corrected chi connectivity index (χ0v) is 37.2. The van der Waals surface area contributed by atoms with Crippen molar-refractivity contribution in [3.05, 3.63) is 109 Å². The molecule has 0 aliphatic carbocycles. The normalized spacial score (nSPS) is 11.5. The third-order valence-corrected chi connectivity index (χ3v) is 9.29. The van der Waals surface area contributed by atoms with Gasteiger partial charge in [0, 0.05) is 111 Å². The molecule has 2 amide bonds. The first-order valence-electron chi connectivity index (χ1n) is 14.9. The predicted molar refractivity (Wildman–Crippen MR) is 209 cm³/mol. The van der Waals surface area contributed by atoms with Gasteiger partial charge < -0.3 is 26.0 Å². The number of urea groups is 1. The van der Waals surface area contributed by atoms with E-state index in [0.29, 0.717) is 5.69 Å². The van der Waals surface area contributed by atoms with E-state index in [2.05, 4.69) is 31.1 Å². The first kappa shape index (κ1) is 46.6. The average Bonchev–Trinajstić information content (AvgIpc) is 3.10. The number of azo groups is 2. The standard InChI is InChI=1S/C34H24N6O11S2.3Na/c41-31-25-11-9-22(14-19(25)16-27(52(46,47)48)29(31)39-37-21-6-2-1-3-7-21)35-34(45)36-23-10-12-26-20(15-23)17-28(53(49,50)51)30(32(26)42)40-38-24-8-4-5-18(13-24)33(43)44;;;/h1-17,41-42H,(H,43,44)(H2,35,36,45)(H,46,47,48)(H,49,50,51);;;. The summed E-state index contributed by atoms with van der Waals surface area (Å²) in [6.07, 6.45) is 0. The summed E-state index contributed by atoms with van der Waals surface area (Å²) in [6, 6.07) is 22.8. The molecule has 0 aliphatic heterocycles. The Morgan fingerprint density at radius 3 is 1.43 bits per heavy atom. The number of nitrogens with zero attached hydrogens (tertiary/aromatic N) is 4. The molecule has 56 heavy (non-hydrogen) atoms. The van der Waals surface area contributed by atoms with Crippen LogP contribution >= 0.6 is 0 Å². The van der Waals surface area contributed by atoms with E-state index in [-0.39, 0.29) is 133 Å². The van der Waals surface area contributed by atoms with Crippen LogP contribution in [0.25, 0.3) is 21.5 Å². The molecule has 271 valence electrons. The Morgan fingerprint density at radius 2 is 0.982 bits per heavy atom. The molecule has 0 aromatic heterocycles. The first-order valence-corrected chi connectivity index (χ1v) is 17.8. The predicted octanol–water partition coefficient (Wildman–Crippen LogP) is 6.93. The maximum atomic E-state index is 13.0. The number of fused-ring (bicyclic) bond motifs is 2. The molecule has 22 heteroatoms. The molecule has 0 unspecified atom stereocenters. The van der Waals surface area contributed by atoms with Gasteiger partial charge in [0.2, 0.25) is 0 Å². The third-order valence-electron chi connectivity index (χ3n) is 7.55. The number of aromatic hydroxyl groups is 2. The van der Waals surface area contributed by atoms with Gasteiger partial charge >= 0.3 is 12.0 Å². The summed E-state index contributed by atoms with van der Waals surface area (Å²) in [5.74, 6) is -2.51. The minimum atomic E-state index is -4.99. The van der Waals surface area contributed by atoms with Crippen LogP contribution in [-0.2, 0) is 20.2 Å². The summed E-state index contributed by atoms with van der Waals surface area (Å²) in [4.78, 5) is 22.7. The fraction of sp³-hybridized carbons (Fsp3) is 0. The van der Waals surface area contributed by atoms with E-state index in [9.17, 15) is 50.8 Å². The van der Waals surface area contributed by atoms with Crippen LogP contribution < -0.4 is 10.6 Å². The molecule has 0 spiro atoms. The van der Waals surface area contributed by atoms with Gasteiger partial charge in [-0.05, 0) is 89.6 Å². The Balaban J connectivity index is 0.00000280. The number of benzene rings is 6. The Bertz CT molecular complexity index is 2780. The van der Waals surface area contributed by atoms with Crippen molar-refractivity contribution in [2.45, 2.75) is 9.79 Å². The molecule has 0 atom stereocenters. The van der Waals surface area contributed by atoms with Gasteiger partial charge in [-0.2, -0.15) is 27.1 Å². The van der Waals surface area contributed by atoms with Gasteiger partial charge in [0.1, 0.15) is 21.2 Å². The number of aromatic carboxylic acids is 1. The number of hydrogen-bond acceptors (Lipinski definition) is 12. The number of carbonyl (C=O) groups excluding carboxylic acids is 1. The number of phenols is 2. The molecule has 0 bridgehead atoms. The monoisotopic (exact) mass is 825 g/mol. The van der Waals surface area contributed by atoms with Crippen molar-refractivity contribution in [2.75, 3.05) is 10.6 Å². The fourth-order valence-corrected chi connectivity index (χ4v) is 6.47. The van der Waals surface area contributed by atoms with E-state index in [0.717, 1.165) is 18.2 Å². The second-order valence-corrected chi connectivity index (χ2v) is 13.9. The van der Waals surface area contributed by atoms with Gasteiger partial charge in [-0.15, -0.1) is 10.2 Å². The summed E-state index contributed by atoms with van der Waals surface area (Å²) in [7, 11) is -9.89. The summed E-state index contributed by atoms with van der Waals surface area (Å²) < 4.78 is 68.8. The molecule has 3 radical (unpaired) electrons. The quantitative estimate of drug-likeness (QED) is 0.0446. The smallest absolute Gasteiger partial charge is 0.335 e. The number of carbonyl (C=O) groups is 2. The van der Waals surface area contributed by atoms with Crippen LogP contribution in [0.15, 0.2) is 133 Å². The maximum absolute atomic E-state index is 13.0. The Labute approximate surface area is 384 Å². The molecule has 0 aliphatic rings. The minimum absolute atomic E-state index is 0. The fourth-order valence-electron chi connectivity index (χ4n) is 5.15. The van der Waals surface area contributed by atoms with Gasteiger partial charge in [0.05, 0.1) is 16.9 Å². The molecule has 7 N–H and O–H groups in total. The maximum Gasteiger partial charge on any atom is 0.335 e. The largest absolute Gasteiger partial charge is 0.505 e. The second-order valence-electron chi connectivity index (χ2n) is 11.1. The van der Waals surface area contributed by atoms with Crippen LogP contribution in [0.3, 0.4) is 0 Å². The van der Waals surface area contributed by atoms with Crippen molar-refractivity contribution in [3.8, 4) is 11.5 Å². The van der Waals surface area contributed by atoms with Crippen molar-refractivity contribution in [3.63, 3.8) is 0 Å². The number of amides is 2. The molecule has 0 fully saturated rings.